The maximum Gasteiger partial charge on any atom is 0.414 e. The van der Waals surface area contributed by atoms with Crippen molar-refractivity contribution in [3.8, 4) is 16.8 Å². The number of oxime groups is 1. The lowest BCUT2D eigenvalue weighted by atomic mass is 10.0. The van der Waals surface area contributed by atoms with E-state index in [9.17, 15) is 18.4 Å². The van der Waals surface area contributed by atoms with Crippen LogP contribution in [0.3, 0.4) is 0 Å². The van der Waals surface area contributed by atoms with E-state index in [1.165, 1.54) is 46.9 Å². The van der Waals surface area contributed by atoms with Crippen LogP contribution in [0, 0.1) is 11.6 Å². The molecule has 1 atom stereocenters. The van der Waals surface area contributed by atoms with Crippen molar-refractivity contribution in [3.05, 3.63) is 72.1 Å². The van der Waals surface area contributed by atoms with Crippen LogP contribution in [0.5, 0.6) is 0 Å². The molecule has 0 spiro atoms. The Labute approximate surface area is 187 Å². The predicted molar refractivity (Wildman–Crippen MR) is 116 cm³/mol. The van der Waals surface area contributed by atoms with Gasteiger partial charge in [0.1, 0.15) is 17.7 Å². The second-order valence-corrected chi connectivity index (χ2v) is 7.40. The minimum Gasteiger partial charge on any atom is -0.442 e. The summed E-state index contributed by atoms with van der Waals surface area (Å²) in [5.74, 6) is -1.57. The number of rotatable bonds is 6. The average Bonchev–Trinajstić information content (AvgIpc) is 3.39. The Kier molecular flexibility index (Phi) is 6.07. The number of anilines is 1. The third-order valence-corrected chi connectivity index (χ3v) is 5.12. The monoisotopic (exact) mass is 453 g/mol. The maximum atomic E-state index is 14.9. The Hall–Kier alpha value is -4.21. The van der Waals surface area contributed by atoms with E-state index in [4.69, 9.17) is 9.94 Å². The van der Waals surface area contributed by atoms with Crippen LogP contribution in [0.2, 0.25) is 0 Å². The topological polar surface area (TPSA) is 98.2 Å². The number of nitrogens with zero attached hydrogens (tertiary/aromatic N) is 4. The first-order valence-corrected chi connectivity index (χ1v) is 9.97. The highest BCUT2D eigenvalue weighted by atomic mass is 19.1. The minimum absolute atomic E-state index is 0.0411. The van der Waals surface area contributed by atoms with E-state index >= 15 is 0 Å². The summed E-state index contributed by atoms with van der Waals surface area (Å²) in [6.07, 6.45) is 3.16. The fraction of sp³-hybridized carbons (Fsp3) is 0.174. The van der Waals surface area contributed by atoms with Crippen molar-refractivity contribution in [2.75, 3.05) is 18.0 Å². The number of benzene rings is 2. The molecule has 33 heavy (non-hydrogen) atoms. The Morgan fingerprint density at radius 3 is 2.73 bits per heavy atom. The van der Waals surface area contributed by atoms with Gasteiger partial charge in [-0.2, -0.15) is 0 Å². The summed E-state index contributed by atoms with van der Waals surface area (Å²) in [4.78, 5) is 24.4. The highest BCUT2D eigenvalue weighted by Gasteiger charge is 2.33. The molecule has 4 rings (SSSR count). The average molecular weight is 453 g/mol. The van der Waals surface area contributed by atoms with Crippen LogP contribution in [0.15, 0.2) is 60.0 Å². The molecule has 0 bridgehead atoms. The van der Waals surface area contributed by atoms with Gasteiger partial charge in [0.15, 0.2) is 0 Å². The summed E-state index contributed by atoms with van der Waals surface area (Å²) in [6.45, 7) is 1.48. The molecule has 1 saturated heterocycles. The summed E-state index contributed by atoms with van der Waals surface area (Å²) >= 11 is 0. The smallest absolute Gasteiger partial charge is 0.414 e. The van der Waals surface area contributed by atoms with Crippen molar-refractivity contribution in [2.24, 2.45) is 5.16 Å². The van der Waals surface area contributed by atoms with E-state index in [-0.39, 0.29) is 35.9 Å². The van der Waals surface area contributed by atoms with E-state index < -0.39 is 23.8 Å². The number of cyclic esters (lactones) is 1. The minimum atomic E-state index is -0.654. The molecule has 0 saturated carbocycles. The van der Waals surface area contributed by atoms with Crippen molar-refractivity contribution in [3.63, 3.8) is 0 Å². The molecule has 1 radical (unpaired) electrons. The quantitative estimate of drug-likeness (QED) is 0.350. The van der Waals surface area contributed by atoms with Crippen LogP contribution >= 0.6 is 0 Å². The molecule has 2 amide bonds. The van der Waals surface area contributed by atoms with Crippen LogP contribution < -0.4 is 10.2 Å². The Balaban J connectivity index is 1.54. The molecular formula is C23H19F2N4O4. The number of hydrogen-bond donors (Lipinski definition) is 1. The zero-order chi connectivity index (χ0) is 23.5. The molecule has 2 aromatic carbocycles. The van der Waals surface area contributed by atoms with Gasteiger partial charge in [0.25, 0.3) is 0 Å². The second-order valence-electron chi connectivity index (χ2n) is 7.40. The molecule has 1 aliphatic rings. The molecule has 0 unspecified atom stereocenters. The molecule has 169 valence electrons. The van der Waals surface area contributed by atoms with Gasteiger partial charge in [-0.25, -0.2) is 18.9 Å². The Bertz CT molecular complexity index is 1240. The van der Waals surface area contributed by atoms with E-state index in [0.717, 1.165) is 0 Å². The van der Waals surface area contributed by atoms with Gasteiger partial charge in [-0.05, 0) is 42.0 Å². The predicted octanol–water partition coefficient (Wildman–Crippen LogP) is 3.71. The number of carbonyl (C=O) groups excluding carboxylic acids is 2. The molecule has 1 aliphatic heterocycles. The van der Waals surface area contributed by atoms with Gasteiger partial charge in [0.2, 0.25) is 5.91 Å². The molecule has 8 nitrogen and oxygen atoms in total. The normalized spacial score (nSPS) is 15.8. The van der Waals surface area contributed by atoms with Crippen LogP contribution in [0.25, 0.3) is 16.8 Å². The molecular weight excluding hydrogens is 434 g/mol. The number of halogens is 2. The van der Waals surface area contributed by atoms with Crippen LogP contribution in [0.4, 0.5) is 19.3 Å². The van der Waals surface area contributed by atoms with E-state index in [0.29, 0.717) is 11.1 Å². The fourth-order valence-electron chi connectivity index (χ4n) is 3.55. The van der Waals surface area contributed by atoms with E-state index in [1.54, 1.807) is 30.6 Å². The third kappa shape index (κ3) is 4.69. The first-order valence-electron chi connectivity index (χ1n) is 9.97. The summed E-state index contributed by atoms with van der Waals surface area (Å²) in [6, 6.07) is 10.1. The summed E-state index contributed by atoms with van der Waals surface area (Å²) in [5.41, 5.74) is 1.61. The van der Waals surface area contributed by atoms with Crippen molar-refractivity contribution < 1.29 is 28.3 Å². The molecule has 0 aliphatic carbocycles. The Morgan fingerprint density at radius 1 is 1.21 bits per heavy atom. The van der Waals surface area contributed by atoms with Gasteiger partial charge in [-0.15, -0.1) is 0 Å². The number of amides is 2. The molecule has 2 heterocycles. The van der Waals surface area contributed by atoms with Crippen molar-refractivity contribution in [1.82, 2.24) is 9.88 Å². The first kappa shape index (κ1) is 22.0. The number of hydrogen-bond acceptors (Lipinski definition) is 5. The highest BCUT2D eigenvalue weighted by molar-refractivity contribution is 5.90. The van der Waals surface area contributed by atoms with Gasteiger partial charge >= 0.3 is 6.09 Å². The largest absolute Gasteiger partial charge is 0.442 e. The summed E-state index contributed by atoms with van der Waals surface area (Å²) in [7, 11) is 0. The first-order chi connectivity index (χ1) is 15.9. The van der Waals surface area contributed by atoms with Crippen LogP contribution in [-0.2, 0) is 9.53 Å². The summed E-state index contributed by atoms with van der Waals surface area (Å²) in [5, 5.41) is 15.3. The van der Waals surface area contributed by atoms with Crippen molar-refractivity contribution >= 4 is 23.9 Å². The lowest BCUT2D eigenvalue weighted by Crippen LogP contribution is -2.29. The number of carbonyl (C=O) groups is 2. The van der Waals surface area contributed by atoms with E-state index in [1.807, 2.05) is 0 Å². The lowest BCUT2D eigenvalue weighted by molar-refractivity contribution is -0.119. The second kappa shape index (κ2) is 9.11. The lowest BCUT2D eigenvalue weighted by Gasteiger charge is -2.15. The Morgan fingerprint density at radius 2 is 2.03 bits per heavy atom. The highest BCUT2D eigenvalue weighted by Crippen LogP contribution is 2.30. The van der Waals surface area contributed by atoms with Gasteiger partial charge in [0.05, 0.1) is 30.7 Å². The zero-order valence-electron chi connectivity index (χ0n) is 17.5. The molecule has 3 aromatic rings. The number of aromatic nitrogens is 1. The van der Waals surface area contributed by atoms with Crippen LogP contribution in [-0.4, -0.2) is 47.2 Å². The molecule has 10 heteroatoms. The molecule has 1 N–H and O–H groups in total. The number of ether oxygens (including phenoxy) is 1. The van der Waals surface area contributed by atoms with Gasteiger partial charge < -0.3 is 14.5 Å². The standard InChI is InChI=1S/C23H19F2N4O4/c1-14(30)26-11-18-13-29(23(31)33-18)17-3-4-19(20(24)9-17)16-2-5-22(21(25)8-16)28-7-6-15(12-28)10-27-32/h2-10,12,18,32H,11,13H2,1H3/b27-10+/t18-/m0/s1. The van der Waals surface area contributed by atoms with Crippen LogP contribution in [0.1, 0.15) is 12.5 Å². The van der Waals surface area contributed by atoms with Gasteiger partial charge in [0, 0.05) is 30.4 Å². The van der Waals surface area contributed by atoms with Crippen molar-refractivity contribution in [1.29, 1.82) is 0 Å². The summed E-state index contributed by atoms with van der Waals surface area (Å²) < 4.78 is 36.4. The van der Waals surface area contributed by atoms with Gasteiger partial charge in [-0.3, -0.25) is 9.69 Å². The fourth-order valence-corrected chi connectivity index (χ4v) is 3.55. The molecule has 1 aromatic heterocycles. The van der Waals surface area contributed by atoms with Gasteiger partial charge in [-0.1, -0.05) is 11.2 Å². The maximum absolute atomic E-state index is 14.9. The van der Waals surface area contributed by atoms with Crippen molar-refractivity contribution in [2.45, 2.75) is 13.0 Å². The van der Waals surface area contributed by atoms with E-state index in [2.05, 4.69) is 10.5 Å². The zero-order valence-corrected chi connectivity index (χ0v) is 17.5. The SMILES string of the molecule is CC(=O)[N]C[C@H]1CN(c2ccc(-c3ccc(-n4ccc(/C=N/O)c4)c(F)c3)c(F)c2)C(=O)O1. The third-order valence-electron chi connectivity index (χ3n) is 5.12. The molecule has 1 fully saturated rings.